The maximum Gasteiger partial charge on any atom is 0.408 e. The van der Waals surface area contributed by atoms with Crippen LogP contribution in [0.1, 0.15) is 70.4 Å². The van der Waals surface area contributed by atoms with E-state index in [0.717, 1.165) is 36.8 Å². The molecule has 5 amide bonds. The summed E-state index contributed by atoms with van der Waals surface area (Å²) in [5.74, 6) is -2.75. The van der Waals surface area contributed by atoms with Gasteiger partial charge in [0.05, 0.1) is 12.5 Å². The van der Waals surface area contributed by atoms with Crippen molar-refractivity contribution in [3.63, 3.8) is 0 Å². The number of hydrogen-bond donors (Lipinski definition) is 6. The van der Waals surface area contributed by atoms with E-state index in [2.05, 4.69) is 21.3 Å². The number of ether oxygens (including phenoxy) is 1. The van der Waals surface area contributed by atoms with Gasteiger partial charge in [-0.3, -0.25) is 19.2 Å². The first-order valence-electron chi connectivity index (χ1n) is 16.2. The van der Waals surface area contributed by atoms with Crippen LogP contribution >= 0.6 is 0 Å². The van der Waals surface area contributed by atoms with Crippen LogP contribution in [0.3, 0.4) is 0 Å². The molecule has 0 bridgehead atoms. The molecule has 47 heavy (non-hydrogen) atoms. The Morgan fingerprint density at radius 3 is 1.89 bits per heavy atom. The van der Waals surface area contributed by atoms with E-state index in [0.29, 0.717) is 12.5 Å². The standard InChI is InChI=1S/C35H49N5O7/c1-35(2,3)47-34(46)40-27(20-24-15-9-5-10-16-24)31(43)39-28(21-29(36)41)32(44)38-26(19-23-13-7-4-8-14-23)30(42)33(45)37-22-25-17-11-6-12-18-25/h4-5,7-10,13-16,25-28,30,42H,6,11-12,17-22H2,1-3H3,(H2,36,41)(H,37,45)(H,38,44)(H,39,43)(H,40,46)/t26-,27-,28-,30+/m0/s1. The third-order valence-electron chi connectivity index (χ3n) is 7.89. The number of hydrogen-bond acceptors (Lipinski definition) is 7. The molecule has 3 rings (SSSR count). The summed E-state index contributed by atoms with van der Waals surface area (Å²) in [7, 11) is 0. The van der Waals surface area contributed by atoms with E-state index in [9.17, 15) is 29.1 Å². The number of aliphatic hydroxyl groups excluding tert-OH is 1. The molecule has 4 atom stereocenters. The molecule has 1 aliphatic rings. The SMILES string of the molecule is CC(C)(C)OC(=O)N[C@@H](Cc1ccccc1)C(=O)N[C@@H](CC(N)=O)C(=O)N[C@@H](Cc1ccccc1)[C@@H](O)C(=O)NCC1CCCCC1. The largest absolute Gasteiger partial charge is 0.444 e. The van der Waals surface area contributed by atoms with Gasteiger partial charge in [0.15, 0.2) is 6.10 Å². The van der Waals surface area contributed by atoms with Gasteiger partial charge in [0, 0.05) is 13.0 Å². The van der Waals surface area contributed by atoms with E-state index in [1.165, 1.54) is 6.42 Å². The van der Waals surface area contributed by atoms with Crippen molar-refractivity contribution in [3.05, 3.63) is 71.8 Å². The molecule has 0 spiro atoms. The first-order chi connectivity index (χ1) is 22.3. The summed E-state index contributed by atoms with van der Waals surface area (Å²) in [5.41, 5.74) is 6.10. The highest BCUT2D eigenvalue weighted by atomic mass is 16.6. The number of carbonyl (C=O) groups excluding carboxylic acids is 5. The number of aliphatic hydroxyl groups is 1. The molecule has 12 heteroatoms. The first-order valence-corrected chi connectivity index (χ1v) is 16.2. The van der Waals surface area contributed by atoms with Crippen LogP contribution < -0.4 is 27.0 Å². The number of nitrogens with two attached hydrogens (primary N) is 1. The summed E-state index contributed by atoms with van der Waals surface area (Å²) in [5, 5.41) is 21.7. The van der Waals surface area contributed by atoms with Crippen molar-refractivity contribution in [1.29, 1.82) is 0 Å². The minimum Gasteiger partial charge on any atom is -0.444 e. The second-order valence-corrected chi connectivity index (χ2v) is 13.1. The summed E-state index contributed by atoms with van der Waals surface area (Å²) in [4.78, 5) is 65.0. The van der Waals surface area contributed by atoms with Gasteiger partial charge in [0.1, 0.15) is 17.7 Å². The van der Waals surface area contributed by atoms with Crippen molar-refractivity contribution in [2.24, 2.45) is 11.7 Å². The van der Waals surface area contributed by atoms with Gasteiger partial charge in [-0.1, -0.05) is 79.9 Å². The van der Waals surface area contributed by atoms with Crippen LogP contribution in [0.5, 0.6) is 0 Å². The van der Waals surface area contributed by atoms with Gasteiger partial charge in [-0.15, -0.1) is 0 Å². The summed E-state index contributed by atoms with van der Waals surface area (Å²) >= 11 is 0. The van der Waals surface area contributed by atoms with Crippen LogP contribution in [0.25, 0.3) is 0 Å². The van der Waals surface area contributed by atoms with Crippen LogP contribution in [0.4, 0.5) is 4.79 Å². The lowest BCUT2D eigenvalue weighted by Gasteiger charge is -2.28. The van der Waals surface area contributed by atoms with Crippen molar-refractivity contribution >= 4 is 29.7 Å². The maximum atomic E-state index is 13.6. The molecular weight excluding hydrogens is 602 g/mol. The molecule has 0 heterocycles. The predicted molar refractivity (Wildman–Crippen MR) is 177 cm³/mol. The van der Waals surface area contributed by atoms with Gasteiger partial charge in [-0.25, -0.2) is 4.79 Å². The maximum absolute atomic E-state index is 13.6. The quantitative estimate of drug-likeness (QED) is 0.170. The normalized spacial score (nSPS) is 16.1. The molecule has 1 aliphatic carbocycles. The van der Waals surface area contributed by atoms with Gasteiger partial charge < -0.3 is 36.8 Å². The summed E-state index contributed by atoms with van der Waals surface area (Å²) in [6.07, 6.45) is 2.51. The summed E-state index contributed by atoms with van der Waals surface area (Å²) in [6, 6.07) is 14.2. The average Bonchev–Trinajstić information content (AvgIpc) is 3.02. The van der Waals surface area contributed by atoms with E-state index < -0.39 is 66.0 Å². The molecule has 1 fully saturated rings. The highest BCUT2D eigenvalue weighted by molar-refractivity contribution is 5.94. The predicted octanol–water partition coefficient (Wildman–Crippen LogP) is 2.27. The Morgan fingerprint density at radius 1 is 0.787 bits per heavy atom. The molecule has 0 saturated heterocycles. The first kappa shape index (κ1) is 37.0. The lowest BCUT2D eigenvalue weighted by atomic mass is 9.89. The molecule has 2 aromatic carbocycles. The van der Waals surface area contributed by atoms with Crippen LogP contribution in [0.2, 0.25) is 0 Å². The van der Waals surface area contributed by atoms with Crippen LogP contribution in [-0.4, -0.2) is 71.2 Å². The minimum atomic E-state index is -1.62. The lowest BCUT2D eigenvalue weighted by Crippen LogP contribution is -2.59. The molecule has 0 aliphatic heterocycles. The van der Waals surface area contributed by atoms with E-state index in [4.69, 9.17) is 10.5 Å². The highest BCUT2D eigenvalue weighted by Crippen LogP contribution is 2.23. The Balaban J connectivity index is 1.78. The Bertz CT molecular complexity index is 1330. The zero-order valence-corrected chi connectivity index (χ0v) is 27.5. The second kappa shape index (κ2) is 18.0. The Morgan fingerprint density at radius 2 is 1.34 bits per heavy atom. The Kier molecular flexibility index (Phi) is 14.2. The molecule has 1 saturated carbocycles. The zero-order valence-electron chi connectivity index (χ0n) is 27.5. The monoisotopic (exact) mass is 651 g/mol. The number of carbonyl (C=O) groups is 5. The van der Waals surface area contributed by atoms with Gasteiger partial charge in [-0.2, -0.15) is 0 Å². The molecule has 0 radical (unpaired) electrons. The van der Waals surface area contributed by atoms with Crippen molar-refractivity contribution in [3.8, 4) is 0 Å². The lowest BCUT2D eigenvalue weighted by molar-refractivity contribution is -0.135. The molecule has 256 valence electrons. The van der Waals surface area contributed by atoms with Crippen LogP contribution in [-0.2, 0) is 36.8 Å². The second-order valence-electron chi connectivity index (χ2n) is 13.1. The smallest absolute Gasteiger partial charge is 0.408 e. The number of alkyl carbamates (subject to hydrolysis) is 1. The number of benzene rings is 2. The van der Waals surface area contributed by atoms with Crippen molar-refractivity contribution < 1.29 is 33.8 Å². The molecule has 7 N–H and O–H groups in total. The van der Waals surface area contributed by atoms with Gasteiger partial charge in [0.25, 0.3) is 5.91 Å². The highest BCUT2D eigenvalue weighted by Gasteiger charge is 2.34. The fourth-order valence-electron chi connectivity index (χ4n) is 5.51. The van der Waals surface area contributed by atoms with E-state index >= 15 is 0 Å². The number of amides is 5. The fourth-order valence-corrected chi connectivity index (χ4v) is 5.51. The van der Waals surface area contributed by atoms with E-state index in [1.54, 1.807) is 69.3 Å². The molecule has 0 unspecified atom stereocenters. The number of rotatable bonds is 15. The third kappa shape index (κ3) is 13.4. The molecule has 2 aromatic rings. The van der Waals surface area contributed by atoms with Crippen LogP contribution in [0.15, 0.2) is 60.7 Å². The van der Waals surface area contributed by atoms with E-state index in [1.807, 2.05) is 12.1 Å². The van der Waals surface area contributed by atoms with Crippen LogP contribution in [0, 0.1) is 5.92 Å². The topological polar surface area (TPSA) is 189 Å². The van der Waals surface area contributed by atoms with Gasteiger partial charge in [-0.05, 0) is 57.1 Å². The number of primary amides is 1. The average molecular weight is 652 g/mol. The molecular formula is C35H49N5O7. The van der Waals surface area contributed by atoms with Crippen molar-refractivity contribution in [1.82, 2.24) is 21.3 Å². The molecule has 12 nitrogen and oxygen atoms in total. The van der Waals surface area contributed by atoms with E-state index in [-0.39, 0.29) is 12.8 Å². The number of nitrogens with one attached hydrogen (secondary N) is 4. The minimum absolute atomic E-state index is 0.0628. The molecule has 0 aromatic heterocycles. The van der Waals surface area contributed by atoms with Gasteiger partial charge >= 0.3 is 6.09 Å². The van der Waals surface area contributed by atoms with Gasteiger partial charge in [0.2, 0.25) is 17.7 Å². The summed E-state index contributed by atoms with van der Waals surface area (Å²) < 4.78 is 5.34. The Hall–Kier alpha value is -4.45. The van der Waals surface area contributed by atoms with Crippen molar-refractivity contribution in [2.45, 2.75) is 102 Å². The fraction of sp³-hybridized carbons (Fsp3) is 0.514. The Labute approximate surface area is 276 Å². The van der Waals surface area contributed by atoms with Crippen molar-refractivity contribution in [2.75, 3.05) is 6.54 Å². The zero-order chi connectivity index (χ0) is 34.4. The third-order valence-corrected chi connectivity index (χ3v) is 7.89. The summed E-state index contributed by atoms with van der Waals surface area (Å²) in [6.45, 7) is 5.48.